The van der Waals surface area contributed by atoms with Crippen molar-refractivity contribution in [3.05, 3.63) is 18.2 Å². The van der Waals surface area contributed by atoms with Gasteiger partial charge < -0.3 is 19.5 Å². The van der Waals surface area contributed by atoms with Crippen LogP contribution >= 0.6 is 0 Å². The Balaban J connectivity index is 1.48. The summed E-state index contributed by atoms with van der Waals surface area (Å²) >= 11 is 0. The minimum Gasteiger partial charge on any atom is -0.368 e. The number of ether oxygens (including phenoxy) is 1. The number of hydrogen-bond acceptors (Lipinski definition) is 4. The van der Waals surface area contributed by atoms with Gasteiger partial charge in [-0.05, 0) is 25.9 Å². The number of piperidine rings is 1. The van der Waals surface area contributed by atoms with Crippen molar-refractivity contribution in [1.29, 1.82) is 0 Å². The molecule has 2 aliphatic rings. The van der Waals surface area contributed by atoms with E-state index in [4.69, 9.17) is 4.74 Å². The average Bonchev–Trinajstić information content (AvgIpc) is 2.93. The number of rotatable bonds is 3. The first-order chi connectivity index (χ1) is 9.33. The zero-order chi connectivity index (χ0) is 13.1. The van der Waals surface area contributed by atoms with Gasteiger partial charge in [0.1, 0.15) is 12.4 Å². The summed E-state index contributed by atoms with van der Waals surface area (Å²) in [7, 11) is 0. The first kappa shape index (κ1) is 12.6. The van der Waals surface area contributed by atoms with Gasteiger partial charge in [0.05, 0.1) is 12.6 Å². The van der Waals surface area contributed by atoms with Gasteiger partial charge >= 0.3 is 0 Å². The van der Waals surface area contributed by atoms with Gasteiger partial charge in [-0.25, -0.2) is 4.98 Å². The molecular formula is C13H20N4O2. The van der Waals surface area contributed by atoms with Crippen LogP contribution in [0.1, 0.15) is 18.7 Å². The zero-order valence-corrected chi connectivity index (χ0v) is 11.0. The smallest absolute Gasteiger partial charge is 0.249 e. The number of hydrogen-bond donors (Lipinski definition) is 1. The second kappa shape index (κ2) is 5.71. The summed E-state index contributed by atoms with van der Waals surface area (Å²) in [6.45, 7) is 4.35. The third-order valence-electron chi connectivity index (χ3n) is 3.83. The van der Waals surface area contributed by atoms with Crippen molar-refractivity contribution in [1.82, 2.24) is 19.8 Å². The van der Waals surface area contributed by atoms with Crippen molar-refractivity contribution in [2.45, 2.75) is 32.0 Å². The minimum absolute atomic E-state index is 0.0767. The Hall–Kier alpha value is -1.40. The van der Waals surface area contributed by atoms with Crippen LogP contribution in [0.15, 0.2) is 12.4 Å². The summed E-state index contributed by atoms with van der Waals surface area (Å²) in [4.78, 5) is 18.2. The Bertz CT molecular complexity index is 440. The first-order valence-corrected chi connectivity index (χ1v) is 6.93. The van der Waals surface area contributed by atoms with E-state index in [1.54, 1.807) is 6.20 Å². The highest BCUT2D eigenvalue weighted by Crippen LogP contribution is 2.12. The van der Waals surface area contributed by atoms with Gasteiger partial charge in [0, 0.05) is 25.5 Å². The molecule has 0 aromatic carbocycles. The van der Waals surface area contributed by atoms with Gasteiger partial charge in [-0.1, -0.05) is 0 Å². The number of amides is 1. The standard InChI is InChI=1S/C13H20N4O2/c18-13(10-19-11-1-3-14-4-2-11)17-8-7-16-6-5-15-12(16)9-17/h5-6,11,14H,1-4,7-10H2. The molecule has 19 heavy (non-hydrogen) atoms. The summed E-state index contributed by atoms with van der Waals surface area (Å²) < 4.78 is 7.80. The zero-order valence-electron chi connectivity index (χ0n) is 11.0. The second-order valence-corrected chi connectivity index (χ2v) is 5.11. The Morgan fingerprint density at radius 2 is 2.26 bits per heavy atom. The summed E-state index contributed by atoms with van der Waals surface area (Å²) in [6.07, 6.45) is 5.98. The van der Waals surface area contributed by atoms with Crippen LogP contribution in [-0.4, -0.2) is 52.7 Å². The monoisotopic (exact) mass is 264 g/mol. The molecule has 6 nitrogen and oxygen atoms in total. The van der Waals surface area contributed by atoms with Crippen LogP contribution in [0.2, 0.25) is 0 Å². The lowest BCUT2D eigenvalue weighted by Gasteiger charge is -2.29. The van der Waals surface area contributed by atoms with Gasteiger partial charge in [0.2, 0.25) is 5.91 Å². The molecule has 1 aromatic heterocycles. The van der Waals surface area contributed by atoms with E-state index in [9.17, 15) is 4.79 Å². The number of fused-ring (bicyclic) bond motifs is 1. The van der Waals surface area contributed by atoms with Crippen molar-refractivity contribution in [2.75, 3.05) is 26.2 Å². The number of nitrogens with zero attached hydrogens (tertiary/aromatic N) is 3. The van der Waals surface area contributed by atoms with E-state index in [1.807, 2.05) is 11.1 Å². The molecule has 1 N–H and O–H groups in total. The van der Waals surface area contributed by atoms with Crippen LogP contribution in [0, 0.1) is 0 Å². The molecule has 0 spiro atoms. The fourth-order valence-corrected chi connectivity index (χ4v) is 2.63. The molecule has 1 fully saturated rings. The molecule has 0 saturated carbocycles. The molecule has 0 atom stereocenters. The molecule has 0 radical (unpaired) electrons. The summed E-state index contributed by atoms with van der Waals surface area (Å²) in [5.74, 6) is 1.04. The lowest BCUT2D eigenvalue weighted by molar-refractivity contribution is -0.140. The summed E-state index contributed by atoms with van der Waals surface area (Å²) in [5.41, 5.74) is 0. The third-order valence-corrected chi connectivity index (χ3v) is 3.83. The molecule has 2 aliphatic heterocycles. The van der Waals surface area contributed by atoms with Crippen molar-refractivity contribution in [3.8, 4) is 0 Å². The highest BCUT2D eigenvalue weighted by atomic mass is 16.5. The fraction of sp³-hybridized carbons (Fsp3) is 0.692. The molecule has 0 bridgehead atoms. The second-order valence-electron chi connectivity index (χ2n) is 5.11. The lowest BCUT2D eigenvalue weighted by Crippen LogP contribution is -2.41. The Morgan fingerprint density at radius 3 is 3.11 bits per heavy atom. The normalized spacial score (nSPS) is 20.3. The van der Waals surface area contributed by atoms with Crippen LogP contribution in [0.4, 0.5) is 0 Å². The van der Waals surface area contributed by atoms with Crippen LogP contribution in [0.3, 0.4) is 0 Å². The Labute approximate surface area is 112 Å². The van der Waals surface area contributed by atoms with Gasteiger partial charge in [-0.2, -0.15) is 0 Å². The van der Waals surface area contributed by atoms with E-state index < -0.39 is 0 Å². The third kappa shape index (κ3) is 2.96. The van der Waals surface area contributed by atoms with Gasteiger partial charge in [0.25, 0.3) is 0 Å². The van der Waals surface area contributed by atoms with Crippen LogP contribution in [0.5, 0.6) is 0 Å². The van der Waals surface area contributed by atoms with Gasteiger partial charge in [0.15, 0.2) is 0 Å². The molecule has 0 unspecified atom stereocenters. The molecule has 3 rings (SSSR count). The van der Waals surface area contributed by atoms with E-state index in [2.05, 4.69) is 14.9 Å². The van der Waals surface area contributed by atoms with Crippen LogP contribution in [-0.2, 0) is 22.6 Å². The minimum atomic E-state index is 0.0767. The van der Waals surface area contributed by atoms with E-state index in [0.29, 0.717) is 6.54 Å². The number of aromatic nitrogens is 2. The van der Waals surface area contributed by atoms with Crippen molar-refractivity contribution in [3.63, 3.8) is 0 Å². The maximum atomic E-state index is 12.1. The van der Waals surface area contributed by atoms with E-state index in [-0.39, 0.29) is 18.6 Å². The SMILES string of the molecule is O=C(COC1CCNCC1)N1CCn2ccnc2C1. The van der Waals surface area contributed by atoms with E-state index >= 15 is 0 Å². The quantitative estimate of drug-likeness (QED) is 0.834. The topological polar surface area (TPSA) is 59.4 Å². The number of carbonyl (C=O) groups excluding carboxylic acids is 1. The first-order valence-electron chi connectivity index (χ1n) is 6.93. The maximum absolute atomic E-state index is 12.1. The van der Waals surface area contributed by atoms with Crippen LogP contribution in [0.25, 0.3) is 0 Å². The molecule has 1 amide bonds. The highest BCUT2D eigenvalue weighted by molar-refractivity contribution is 5.77. The molecule has 3 heterocycles. The van der Waals surface area contributed by atoms with Gasteiger partial charge in [-0.3, -0.25) is 4.79 Å². The highest BCUT2D eigenvalue weighted by Gasteiger charge is 2.22. The number of nitrogens with one attached hydrogen (secondary N) is 1. The van der Waals surface area contributed by atoms with Crippen molar-refractivity contribution < 1.29 is 9.53 Å². The lowest BCUT2D eigenvalue weighted by atomic mass is 10.1. The molecule has 1 aromatic rings. The van der Waals surface area contributed by atoms with E-state index in [0.717, 1.165) is 44.8 Å². The largest absolute Gasteiger partial charge is 0.368 e. The molecule has 1 saturated heterocycles. The number of carbonyl (C=O) groups is 1. The molecule has 104 valence electrons. The fourth-order valence-electron chi connectivity index (χ4n) is 2.63. The molecular weight excluding hydrogens is 244 g/mol. The molecule has 0 aliphatic carbocycles. The van der Waals surface area contributed by atoms with Crippen molar-refractivity contribution >= 4 is 5.91 Å². The summed E-state index contributed by atoms with van der Waals surface area (Å²) in [6, 6.07) is 0. The van der Waals surface area contributed by atoms with Crippen molar-refractivity contribution in [2.24, 2.45) is 0 Å². The predicted molar refractivity (Wildman–Crippen MR) is 69.5 cm³/mol. The van der Waals surface area contributed by atoms with E-state index in [1.165, 1.54) is 0 Å². The number of imidazole rings is 1. The van der Waals surface area contributed by atoms with Gasteiger partial charge in [-0.15, -0.1) is 0 Å². The Morgan fingerprint density at radius 1 is 1.42 bits per heavy atom. The Kier molecular flexibility index (Phi) is 3.79. The van der Waals surface area contributed by atoms with Crippen LogP contribution < -0.4 is 5.32 Å². The average molecular weight is 264 g/mol. The summed E-state index contributed by atoms with van der Waals surface area (Å²) in [5, 5.41) is 3.29. The predicted octanol–water partition coefficient (Wildman–Crippen LogP) is -0.00610. The maximum Gasteiger partial charge on any atom is 0.249 e. The molecule has 6 heteroatoms.